The van der Waals surface area contributed by atoms with Gasteiger partial charge >= 0.3 is 0 Å². The number of carbonyl (C=O) groups is 1. The van der Waals surface area contributed by atoms with Crippen molar-refractivity contribution in [3.63, 3.8) is 0 Å². The lowest BCUT2D eigenvalue weighted by atomic mass is 10.2. The van der Waals surface area contributed by atoms with Crippen LogP contribution in [0.3, 0.4) is 0 Å². The lowest BCUT2D eigenvalue weighted by Gasteiger charge is -2.04. The smallest absolute Gasteiger partial charge is 0.267 e. The zero-order chi connectivity index (χ0) is 16.9. The molecule has 6 heteroatoms. The molecule has 3 rings (SSSR count). The summed E-state index contributed by atoms with van der Waals surface area (Å²) in [7, 11) is 0. The van der Waals surface area contributed by atoms with Gasteiger partial charge in [0.15, 0.2) is 0 Å². The molecule has 0 atom stereocenters. The van der Waals surface area contributed by atoms with Crippen molar-refractivity contribution < 1.29 is 4.79 Å². The zero-order valence-electron chi connectivity index (χ0n) is 13.4. The molecule has 120 valence electrons. The summed E-state index contributed by atoms with van der Waals surface area (Å²) >= 11 is 1.39. The number of carbonyl (C=O) groups excluding carboxylic acids is 1. The highest BCUT2D eigenvalue weighted by atomic mass is 32.1. The van der Waals surface area contributed by atoms with Crippen LogP contribution < -0.4 is 5.32 Å². The Bertz CT molecular complexity index is 870. The molecule has 3 aromatic rings. The van der Waals surface area contributed by atoms with Gasteiger partial charge in [-0.1, -0.05) is 18.2 Å². The Hall–Kier alpha value is -2.86. The van der Waals surface area contributed by atoms with Crippen LogP contribution in [0.4, 0.5) is 17.1 Å². The number of aryl methyl sites for hydroxylation is 2. The number of nitrogens with zero attached hydrogens (tertiary/aromatic N) is 3. The Kier molecular flexibility index (Phi) is 4.77. The third-order valence-electron chi connectivity index (χ3n) is 3.27. The van der Waals surface area contributed by atoms with Gasteiger partial charge in [0.05, 0.1) is 22.1 Å². The molecule has 0 aliphatic heterocycles. The maximum Gasteiger partial charge on any atom is 0.267 e. The molecule has 0 unspecified atom stereocenters. The number of anilines is 1. The van der Waals surface area contributed by atoms with E-state index in [0.717, 1.165) is 22.1 Å². The van der Waals surface area contributed by atoms with Crippen LogP contribution in [0, 0.1) is 13.8 Å². The van der Waals surface area contributed by atoms with Gasteiger partial charge in [-0.15, -0.1) is 11.3 Å². The first kappa shape index (κ1) is 16.0. The van der Waals surface area contributed by atoms with E-state index in [9.17, 15) is 4.79 Å². The first-order valence-corrected chi connectivity index (χ1v) is 8.26. The minimum Gasteiger partial charge on any atom is -0.321 e. The Balaban J connectivity index is 1.67. The number of amides is 1. The van der Waals surface area contributed by atoms with Gasteiger partial charge in [-0.2, -0.15) is 10.2 Å². The van der Waals surface area contributed by atoms with Crippen LogP contribution in [0.25, 0.3) is 0 Å². The quantitative estimate of drug-likeness (QED) is 0.646. The van der Waals surface area contributed by atoms with E-state index in [-0.39, 0.29) is 5.91 Å². The minimum absolute atomic E-state index is 0.142. The van der Waals surface area contributed by atoms with Gasteiger partial charge in [-0.05, 0) is 50.2 Å². The maximum absolute atomic E-state index is 12.3. The highest BCUT2D eigenvalue weighted by Gasteiger charge is 2.13. The molecule has 1 N–H and O–H groups in total. The molecule has 0 bridgehead atoms. The molecule has 1 aromatic heterocycles. The topological polar surface area (TPSA) is 66.7 Å². The lowest BCUT2D eigenvalue weighted by molar-refractivity contribution is 0.103. The summed E-state index contributed by atoms with van der Waals surface area (Å²) in [6.07, 6.45) is 0. The van der Waals surface area contributed by atoms with Crippen LogP contribution in [0.5, 0.6) is 0 Å². The van der Waals surface area contributed by atoms with E-state index in [1.807, 2.05) is 56.3 Å². The summed E-state index contributed by atoms with van der Waals surface area (Å²) in [5.74, 6) is -0.142. The molecular formula is C18H16N4OS. The fraction of sp³-hybridized carbons (Fsp3) is 0.111. The van der Waals surface area contributed by atoms with E-state index in [1.54, 1.807) is 12.1 Å². The predicted molar refractivity (Wildman–Crippen MR) is 96.6 cm³/mol. The normalized spacial score (nSPS) is 10.9. The summed E-state index contributed by atoms with van der Waals surface area (Å²) in [6.45, 7) is 3.73. The van der Waals surface area contributed by atoms with Crippen LogP contribution in [-0.2, 0) is 0 Å². The van der Waals surface area contributed by atoms with Crippen molar-refractivity contribution in [2.75, 3.05) is 5.32 Å². The molecule has 1 amide bonds. The number of hydrogen-bond donors (Lipinski definition) is 1. The summed E-state index contributed by atoms with van der Waals surface area (Å²) in [4.78, 5) is 17.2. The molecular weight excluding hydrogens is 320 g/mol. The van der Waals surface area contributed by atoms with Crippen molar-refractivity contribution in [1.29, 1.82) is 0 Å². The van der Waals surface area contributed by atoms with E-state index < -0.39 is 0 Å². The molecule has 5 nitrogen and oxygen atoms in total. The van der Waals surface area contributed by atoms with Crippen LogP contribution in [0.2, 0.25) is 0 Å². The second-order valence-electron chi connectivity index (χ2n) is 5.18. The number of rotatable bonds is 4. The van der Waals surface area contributed by atoms with Crippen molar-refractivity contribution >= 4 is 34.3 Å². The number of thiazole rings is 1. The minimum atomic E-state index is -0.142. The first-order chi connectivity index (χ1) is 11.6. The molecule has 0 fully saturated rings. The standard InChI is InChI=1S/C18H16N4OS/c1-12-17(24-13(2)19-12)18(23)20-14-8-10-16(11-9-14)22-21-15-6-4-3-5-7-15/h3-11H,1-2H3,(H,20,23). The van der Waals surface area contributed by atoms with Crippen molar-refractivity contribution in [2.45, 2.75) is 13.8 Å². The SMILES string of the molecule is Cc1nc(C)c(C(=O)Nc2ccc(N=Nc3ccccc3)cc2)s1. The van der Waals surface area contributed by atoms with Crippen LogP contribution in [0.1, 0.15) is 20.4 Å². The van der Waals surface area contributed by atoms with E-state index in [0.29, 0.717) is 10.6 Å². The maximum atomic E-state index is 12.3. The number of aromatic nitrogens is 1. The van der Waals surface area contributed by atoms with Gasteiger partial charge < -0.3 is 5.32 Å². The third kappa shape index (κ3) is 3.91. The van der Waals surface area contributed by atoms with Crippen molar-refractivity contribution in [2.24, 2.45) is 10.2 Å². The van der Waals surface area contributed by atoms with E-state index in [2.05, 4.69) is 20.5 Å². The van der Waals surface area contributed by atoms with E-state index in [1.165, 1.54) is 11.3 Å². The van der Waals surface area contributed by atoms with Crippen LogP contribution in [-0.4, -0.2) is 10.9 Å². The molecule has 0 saturated carbocycles. The molecule has 0 radical (unpaired) electrons. The summed E-state index contributed by atoms with van der Waals surface area (Å²) in [5, 5.41) is 12.1. The largest absolute Gasteiger partial charge is 0.321 e. The predicted octanol–water partition coefficient (Wildman–Crippen LogP) is 5.43. The van der Waals surface area contributed by atoms with E-state index in [4.69, 9.17) is 0 Å². The molecule has 24 heavy (non-hydrogen) atoms. The number of hydrogen-bond acceptors (Lipinski definition) is 5. The average molecular weight is 336 g/mol. The molecule has 0 aliphatic rings. The lowest BCUT2D eigenvalue weighted by Crippen LogP contribution is -2.11. The highest BCUT2D eigenvalue weighted by molar-refractivity contribution is 7.13. The third-order valence-corrected chi connectivity index (χ3v) is 4.34. The summed E-state index contributed by atoms with van der Waals surface area (Å²) in [5.41, 5.74) is 2.99. The number of azo groups is 1. The Morgan fingerprint density at radius 3 is 2.17 bits per heavy atom. The van der Waals surface area contributed by atoms with Crippen molar-refractivity contribution in [1.82, 2.24) is 4.98 Å². The summed E-state index contributed by atoms with van der Waals surface area (Å²) in [6, 6.07) is 16.8. The number of nitrogens with one attached hydrogen (secondary N) is 1. The van der Waals surface area contributed by atoms with Crippen LogP contribution in [0.15, 0.2) is 64.8 Å². The van der Waals surface area contributed by atoms with Gasteiger partial charge in [-0.3, -0.25) is 4.79 Å². The Morgan fingerprint density at radius 1 is 0.958 bits per heavy atom. The van der Waals surface area contributed by atoms with Gasteiger partial charge in [0.1, 0.15) is 4.88 Å². The highest BCUT2D eigenvalue weighted by Crippen LogP contribution is 2.22. The molecule has 0 saturated heterocycles. The molecule has 1 heterocycles. The fourth-order valence-electron chi connectivity index (χ4n) is 2.15. The van der Waals surface area contributed by atoms with Gasteiger partial charge in [0.25, 0.3) is 5.91 Å². The Labute approximate surface area is 144 Å². The Morgan fingerprint density at radius 2 is 1.58 bits per heavy atom. The second kappa shape index (κ2) is 7.14. The van der Waals surface area contributed by atoms with Crippen LogP contribution >= 0.6 is 11.3 Å². The second-order valence-corrected chi connectivity index (χ2v) is 6.39. The molecule has 2 aromatic carbocycles. The zero-order valence-corrected chi connectivity index (χ0v) is 14.2. The molecule has 0 spiro atoms. The monoisotopic (exact) mass is 336 g/mol. The average Bonchev–Trinajstić information content (AvgIpc) is 2.94. The van der Waals surface area contributed by atoms with Gasteiger partial charge in [0.2, 0.25) is 0 Å². The van der Waals surface area contributed by atoms with Crippen molar-refractivity contribution in [3.8, 4) is 0 Å². The molecule has 0 aliphatic carbocycles. The van der Waals surface area contributed by atoms with E-state index >= 15 is 0 Å². The number of benzene rings is 2. The van der Waals surface area contributed by atoms with Gasteiger partial charge in [0, 0.05) is 5.69 Å². The fourth-order valence-corrected chi connectivity index (χ4v) is 2.97. The van der Waals surface area contributed by atoms with Crippen molar-refractivity contribution in [3.05, 3.63) is 70.2 Å². The first-order valence-electron chi connectivity index (χ1n) is 7.44. The van der Waals surface area contributed by atoms with Gasteiger partial charge in [-0.25, -0.2) is 4.98 Å². The summed E-state index contributed by atoms with van der Waals surface area (Å²) < 4.78 is 0.